The van der Waals surface area contributed by atoms with Gasteiger partial charge in [0, 0.05) is 23.0 Å². The zero-order valence-corrected chi connectivity index (χ0v) is 21.3. The number of unbranched alkanes of at least 4 members (excludes halogenated alkanes) is 4. The average Bonchev–Trinajstić information content (AvgIpc) is 2.90. The van der Waals surface area contributed by atoms with Gasteiger partial charge in [0.05, 0.1) is 19.2 Å². The van der Waals surface area contributed by atoms with Crippen molar-refractivity contribution in [1.29, 1.82) is 0 Å². The normalized spacial score (nSPS) is 11.4. The molecule has 3 aromatic rings. The number of carbonyl (C=O) groups excluding carboxylic acids is 2. The second-order valence-electron chi connectivity index (χ2n) is 8.88. The van der Waals surface area contributed by atoms with E-state index >= 15 is 0 Å². The first-order valence-corrected chi connectivity index (χ1v) is 12.8. The van der Waals surface area contributed by atoms with Crippen LogP contribution in [-0.2, 0) is 4.79 Å². The highest BCUT2D eigenvalue weighted by atomic mass is 16.5. The van der Waals surface area contributed by atoms with Crippen molar-refractivity contribution in [2.24, 2.45) is 0 Å². The minimum Gasteiger partial charge on any atom is -0.494 e. The van der Waals surface area contributed by atoms with Crippen LogP contribution in [0.5, 0.6) is 5.75 Å². The van der Waals surface area contributed by atoms with Crippen LogP contribution < -0.4 is 20.7 Å². The molecule has 0 saturated heterocycles. The second kappa shape index (κ2) is 14.6. The number of hydrogen-bond donors (Lipinski definition) is 3. The molecule has 0 heterocycles. The van der Waals surface area contributed by atoms with Crippen LogP contribution in [0.3, 0.4) is 0 Å². The Balaban J connectivity index is 1.45. The van der Waals surface area contributed by atoms with E-state index in [-0.39, 0.29) is 24.4 Å². The maximum Gasteiger partial charge on any atom is 0.251 e. The minimum absolute atomic E-state index is 0.0774. The fourth-order valence-corrected chi connectivity index (χ4v) is 3.82. The summed E-state index contributed by atoms with van der Waals surface area (Å²) in [6, 6.07) is 24.3. The van der Waals surface area contributed by atoms with Crippen LogP contribution in [0, 0.1) is 0 Å². The van der Waals surface area contributed by atoms with Crippen LogP contribution >= 0.6 is 0 Å². The van der Waals surface area contributed by atoms with E-state index in [1.165, 1.54) is 25.7 Å². The SMILES string of the molecule is CCCCCCCOc1cccc(NC(=O)CNc2cccc(C(=O)NC(C)c3ccccc3)c2)c1. The van der Waals surface area contributed by atoms with Gasteiger partial charge in [0.1, 0.15) is 5.75 Å². The van der Waals surface area contributed by atoms with Gasteiger partial charge in [-0.25, -0.2) is 0 Å². The van der Waals surface area contributed by atoms with Gasteiger partial charge in [-0.15, -0.1) is 0 Å². The predicted octanol–water partition coefficient (Wildman–Crippen LogP) is 6.58. The molecule has 6 nitrogen and oxygen atoms in total. The lowest BCUT2D eigenvalue weighted by Crippen LogP contribution is -2.26. The average molecular weight is 488 g/mol. The van der Waals surface area contributed by atoms with Crippen molar-refractivity contribution >= 4 is 23.2 Å². The lowest BCUT2D eigenvalue weighted by molar-refractivity contribution is -0.114. The van der Waals surface area contributed by atoms with Crippen LogP contribution in [-0.4, -0.2) is 25.0 Å². The van der Waals surface area contributed by atoms with Gasteiger partial charge in [0.25, 0.3) is 5.91 Å². The third-order valence-corrected chi connectivity index (χ3v) is 5.86. The summed E-state index contributed by atoms with van der Waals surface area (Å²) in [5, 5.41) is 9.00. The van der Waals surface area contributed by atoms with Crippen LogP contribution in [0.2, 0.25) is 0 Å². The van der Waals surface area contributed by atoms with E-state index < -0.39 is 0 Å². The zero-order valence-electron chi connectivity index (χ0n) is 21.3. The van der Waals surface area contributed by atoms with Crippen molar-refractivity contribution in [3.05, 3.63) is 90.0 Å². The molecule has 0 bridgehead atoms. The highest BCUT2D eigenvalue weighted by Gasteiger charge is 2.12. The Morgan fingerprint density at radius 1 is 0.833 bits per heavy atom. The van der Waals surface area contributed by atoms with E-state index in [2.05, 4.69) is 22.9 Å². The lowest BCUT2D eigenvalue weighted by atomic mass is 10.1. The smallest absolute Gasteiger partial charge is 0.251 e. The maximum absolute atomic E-state index is 12.7. The zero-order chi connectivity index (χ0) is 25.6. The summed E-state index contributed by atoms with van der Waals surface area (Å²) >= 11 is 0. The molecule has 3 N–H and O–H groups in total. The van der Waals surface area contributed by atoms with Crippen molar-refractivity contribution in [1.82, 2.24) is 5.32 Å². The van der Waals surface area contributed by atoms with Gasteiger partial charge in [-0.05, 0) is 49.2 Å². The largest absolute Gasteiger partial charge is 0.494 e. The van der Waals surface area contributed by atoms with Crippen LogP contribution in [0.1, 0.15) is 67.9 Å². The number of benzene rings is 3. The maximum atomic E-state index is 12.7. The summed E-state index contributed by atoms with van der Waals surface area (Å²) in [5.74, 6) is 0.403. The van der Waals surface area contributed by atoms with Gasteiger partial charge >= 0.3 is 0 Å². The summed E-state index contributed by atoms with van der Waals surface area (Å²) in [6.07, 6.45) is 5.93. The highest BCUT2D eigenvalue weighted by molar-refractivity contribution is 5.96. The first-order chi connectivity index (χ1) is 17.5. The topological polar surface area (TPSA) is 79.5 Å². The number of amides is 2. The van der Waals surface area contributed by atoms with Crippen molar-refractivity contribution in [2.45, 2.75) is 52.0 Å². The number of carbonyl (C=O) groups is 2. The van der Waals surface area contributed by atoms with E-state index in [1.54, 1.807) is 18.2 Å². The molecule has 6 heteroatoms. The molecule has 0 saturated carbocycles. The third-order valence-electron chi connectivity index (χ3n) is 5.86. The van der Waals surface area contributed by atoms with Gasteiger partial charge in [0.2, 0.25) is 5.91 Å². The molecule has 0 aliphatic heterocycles. The molecule has 0 aromatic heterocycles. The number of rotatable bonds is 14. The number of hydrogen-bond acceptors (Lipinski definition) is 4. The Kier molecular flexibility index (Phi) is 10.8. The highest BCUT2D eigenvalue weighted by Crippen LogP contribution is 2.18. The fourth-order valence-electron chi connectivity index (χ4n) is 3.82. The Morgan fingerprint density at radius 3 is 2.39 bits per heavy atom. The second-order valence-corrected chi connectivity index (χ2v) is 8.88. The standard InChI is InChI=1S/C30H37N3O3/c1-3-4-5-6-10-19-36-28-18-12-17-27(21-28)33-29(34)22-31-26-16-11-15-25(20-26)30(35)32-23(2)24-13-8-7-9-14-24/h7-9,11-18,20-21,23,31H,3-6,10,19,22H2,1-2H3,(H,32,35)(H,33,34). The molecule has 0 radical (unpaired) electrons. The Labute approximate surface area is 214 Å². The Hall–Kier alpha value is -3.80. The molecule has 3 aromatic carbocycles. The predicted molar refractivity (Wildman–Crippen MR) is 147 cm³/mol. The van der Waals surface area contributed by atoms with Crippen molar-refractivity contribution in [2.75, 3.05) is 23.8 Å². The quantitative estimate of drug-likeness (QED) is 0.225. The summed E-state index contributed by atoms with van der Waals surface area (Å²) in [5.41, 5.74) is 2.96. The molecule has 0 fully saturated rings. The molecular weight excluding hydrogens is 450 g/mol. The molecule has 36 heavy (non-hydrogen) atoms. The summed E-state index contributed by atoms with van der Waals surface area (Å²) in [7, 11) is 0. The molecule has 0 spiro atoms. The van der Waals surface area contributed by atoms with Gasteiger partial charge in [-0.1, -0.05) is 75.1 Å². The summed E-state index contributed by atoms with van der Waals surface area (Å²) in [4.78, 5) is 25.2. The molecule has 2 amide bonds. The van der Waals surface area contributed by atoms with E-state index in [9.17, 15) is 9.59 Å². The van der Waals surface area contributed by atoms with E-state index in [1.807, 2.05) is 67.6 Å². The first kappa shape index (κ1) is 26.8. The van der Waals surface area contributed by atoms with Crippen molar-refractivity contribution in [3.8, 4) is 5.75 Å². The van der Waals surface area contributed by atoms with Crippen LogP contribution in [0.15, 0.2) is 78.9 Å². The summed E-state index contributed by atoms with van der Waals surface area (Å²) in [6.45, 7) is 4.91. The van der Waals surface area contributed by atoms with E-state index in [4.69, 9.17) is 4.74 Å². The van der Waals surface area contributed by atoms with E-state index in [0.717, 1.165) is 17.7 Å². The monoisotopic (exact) mass is 487 g/mol. The number of ether oxygens (including phenoxy) is 1. The molecule has 0 aliphatic rings. The molecule has 0 aliphatic carbocycles. The van der Waals surface area contributed by atoms with Gasteiger partial charge < -0.3 is 20.7 Å². The minimum atomic E-state index is -0.181. The number of nitrogens with one attached hydrogen (secondary N) is 3. The molecule has 1 unspecified atom stereocenters. The van der Waals surface area contributed by atoms with Crippen molar-refractivity contribution in [3.63, 3.8) is 0 Å². The molecule has 3 rings (SSSR count). The summed E-state index contributed by atoms with van der Waals surface area (Å²) < 4.78 is 5.82. The van der Waals surface area contributed by atoms with Gasteiger partial charge in [0.15, 0.2) is 0 Å². The first-order valence-electron chi connectivity index (χ1n) is 12.8. The van der Waals surface area contributed by atoms with Crippen molar-refractivity contribution < 1.29 is 14.3 Å². The Morgan fingerprint density at radius 2 is 1.58 bits per heavy atom. The fraction of sp³-hybridized carbons (Fsp3) is 0.333. The third kappa shape index (κ3) is 9.10. The number of anilines is 2. The van der Waals surface area contributed by atoms with Gasteiger partial charge in [-0.3, -0.25) is 9.59 Å². The Bertz CT molecular complexity index is 1100. The molecule has 1 atom stereocenters. The van der Waals surface area contributed by atoms with Crippen LogP contribution in [0.4, 0.5) is 11.4 Å². The van der Waals surface area contributed by atoms with E-state index in [0.29, 0.717) is 23.5 Å². The van der Waals surface area contributed by atoms with Gasteiger partial charge in [-0.2, -0.15) is 0 Å². The lowest BCUT2D eigenvalue weighted by Gasteiger charge is -2.15. The molecule has 190 valence electrons. The van der Waals surface area contributed by atoms with Crippen LogP contribution in [0.25, 0.3) is 0 Å². The molecular formula is C30H37N3O3.